The van der Waals surface area contributed by atoms with Crippen molar-refractivity contribution in [3.63, 3.8) is 0 Å². The van der Waals surface area contributed by atoms with Crippen molar-refractivity contribution in [2.24, 2.45) is 0 Å². The number of hydrogen-bond donors (Lipinski definition) is 1. The number of aliphatic hydroxyl groups excluding tert-OH is 1. The number of benzene rings is 1. The lowest BCUT2D eigenvalue weighted by atomic mass is 9.98. The minimum Gasteiger partial charge on any atom is -0.396 e. The van der Waals surface area contributed by atoms with E-state index in [1.54, 1.807) is 0 Å². The molecule has 0 bridgehead atoms. The van der Waals surface area contributed by atoms with Crippen LogP contribution in [0, 0.1) is 0 Å². The van der Waals surface area contributed by atoms with E-state index in [1.807, 2.05) is 29.2 Å². The quantitative estimate of drug-likeness (QED) is 0.932. The molecule has 0 radical (unpaired) electrons. The molecule has 1 aromatic carbocycles. The molecule has 0 saturated carbocycles. The summed E-state index contributed by atoms with van der Waals surface area (Å²) in [6.07, 6.45) is 3.87. The molecule has 1 heterocycles. The Bertz CT molecular complexity index is 420. The Labute approximate surface area is 116 Å². The van der Waals surface area contributed by atoms with E-state index >= 15 is 0 Å². The number of likely N-dealkylation sites (tertiary alicyclic amines) is 1. The van der Waals surface area contributed by atoms with E-state index in [2.05, 4.69) is 15.9 Å². The molecule has 1 aromatic rings. The van der Waals surface area contributed by atoms with E-state index in [1.165, 1.54) is 0 Å². The number of carbonyl (C=O) groups excluding carboxylic acids is 1. The zero-order chi connectivity index (χ0) is 13.0. The molecule has 1 aliphatic heterocycles. The van der Waals surface area contributed by atoms with Gasteiger partial charge in [0.15, 0.2) is 0 Å². The van der Waals surface area contributed by atoms with Gasteiger partial charge in [-0.15, -0.1) is 0 Å². The third-order valence-corrected chi connectivity index (χ3v) is 4.15. The maximum atomic E-state index is 12.5. The smallest absolute Gasteiger partial charge is 0.255 e. The van der Waals surface area contributed by atoms with Crippen molar-refractivity contribution in [1.82, 2.24) is 4.90 Å². The summed E-state index contributed by atoms with van der Waals surface area (Å²) in [5.41, 5.74) is 0.710. The van der Waals surface area contributed by atoms with E-state index in [-0.39, 0.29) is 18.6 Å². The van der Waals surface area contributed by atoms with Gasteiger partial charge in [-0.1, -0.05) is 12.1 Å². The SMILES string of the molecule is O=C(c1ccccc1Br)N1CCCCC1CCO. The van der Waals surface area contributed by atoms with Crippen LogP contribution in [0.3, 0.4) is 0 Å². The van der Waals surface area contributed by atoms with Crippen LogP contribution in [0.15, 0.2) is 28.7 Å². The first kappa shape index (κ1) is 13.6. The summed E-state index contributed by atoms with van der Waals surface area (Å²) in [6, 6.07) is 7.70. The van der Waals surface area contributed by atoms with E-state index in [0.29, 0.717) is 12.0 Å². The number of aliphatic hydroxyl groups is 1. The highest BCUT2D eigenvalue weighted by atomic mass is 79.9. The summed E-state index contributed by atoms with van der Waals surface area (Å²) in [6.45, 7) is 0.940. The molecule has 1 unspecified atom stereocenters. The van der Waals surface area contributed by atoms with Gasteiger partial charge < -0.3 is 10.0 Å². The van der Waals surface area contributed by atoms with Crippen LogP contribution >= 0.6 is 15.9 Å². The van der Waals surface area contributed by atoms with Gasteiger partial charge >= 0.3 is 0 Å². The zero-order valence-corrected chi connectivity index (χ0v) is 11.9. The largest absolute Gasteiger partial charge is 0.396 e. The maximum absolute atomic E-state index is 12.5. The molecule has 1 atom stereocenters. The number of piperidine rings is 1. The maximum Gasteiger partial charge on any atom is 0.255 e. The van der Waals surface area contributed by atoms with Crippen molar-refractivity contribution in [2.45, 2.75) is 31.7 Å². The number of amides is 1. The third kappa shape index (κ3) is 2.93. The Hall–Kier alpha value is -0.870. The highest BCUT2D eigenvalue weighted by molar-refractivity contribution is 9.10. The summed E-state index contributed by atoms with van der Waals surface area (Å²) in [5.74, 6) is 0.0700. The van der Waals surface area contributed by atoms with E-state index in [4.69, 9.17) is 5.11 Å². The number of nitrogens with zero attached hydrogens (tertiary/aromatic N) is 1. The molecule has 4 heteroatoms. The van der Waals surface area contributed by atoms with Crippen LogP contribution in [-0.2, 0) is 0 Å². The van der Waals surface area contributed by atoms with Gasteiger partial charge in [-0.2, -0.15) is 0 Å². The fourth-order valence-electron chi connectivity index (χ4n) is 2.51. The fraction of sp³-hybridized carbons (Fsp3) is 0.500. The van der Waals surface area contributed by atoms with Crippen LogP contribution in [0.25, 0.3) is 0 Å². The molecule has 1 amide bonds. The van der Waals surface area contributed by atoms with E-state index in [9.17, 15) is 4.79 Å². The molecule has 0 aliphatic carbocycles. The molecular weight excluding hydrogens is 294 g/mol. The van der Waals surface area contributed by atoms with Crippen molar-refractivity contribution < 1.29 is 9.90 Å². The number of hydrogen-bond acceptors (Lipinski definition) is 2. The van der Waals surface area contributed by atoms with Gasteiger partial charge in [0.05, 0.1) is 5.56 Å². The van der Waals surface area contributed by atoms with Crippen molar-refractivity contribution in [3.8, 4) is 0 Å². The van der Waals surface area contributed by atoms with Crippen LogP contribution < -0.4 is 0 Å². The van der Waals surface area contributed by atoms with Gasteiger partial charge in [0.1, 0.15) is 0 Å². The molecule has 3 nitrogen and oxygen atoms in total. The topological polar surface area (TPSA) is 40.5 Å². The molecule has 1 N–H and O–H groups in total. The molecular formula is C14H18BrNO2. The van der Waals surface area contributed by atoms with Crippen molar-refractivity contribution in [2.75, 3.05) is 13.2 Å². The molecule has 1 aliphatic rings. The molecule has 1 saturated heterocycles. The highest BCUT2D eigenvalue weighted by Crippen LogP contribution is 2.24. The molecule has 2 rings (SSSR count). The molecule has 0 spiro atoms. The summed E-state index contributed by atoms with van der Waals surface area (Å²) in [4.78, 5) is 14.4. The van der Waals surface area contributed by atoms with Gasteiger partial charge in [-0.05, 0) is 53.7 Å². The van der Waals surface area contributed by atoms with E-state index in [0.717, 1.165) is 30.3 Å². The van der Waals surface area contributed by atoms with Gasteiger partial charge in [-0.3, -0.25) is 4.79 Å². The van der Waals surface area contributed by atoms with Crippen LogP contribution in [0.1, 0.15) is 36.0 Å². The molecule has 1 fully saturated rings. The first-order valence-corrected chi connectivity index (χ1v) is 7.19. The van der Waals surface area contributed by atoms with Crippen LogP contribution in [0.2, 0.25) is 0 Å². The lowest BCUT2D eigenvalue weighted by Crippen LogP contribution is -2.44. The van der Waals surface area contributed by atoms with Gasteiger partial charge in [-0.25, -0.2) is 0 Å². The van der Waals surface area contributed by atoms with Crippen LogP contribution in [-0.4, -0.2) is 35.1 Å². The first-order chi connectivity index (χ1) is 8.74. The summed E-state index contributed by atoms with van der Waals surface area (Å²) in [7, 11) is 0. The summed E-state index contributed by atoms with van der Waals surface area (Å²) < 4.78 is 0.836. The minimum absolute atomic E-state index is 0.0700. The molecule has 98 valence electrons. The Morgan fingerprint density at radius 3 is 2.89 bits per heavy atom. The second-order valence-electron chi connectivity index (χ2n) is 4.64. The summed E-state index contributed by atoms with van der Waals surface area (Å²) in [5, 5.41) is 9.10. The number of carbonyl (C=O) groups is 1. The molecule has 18 heavy (non-hydrogen) atoms. The van der Waals surface area contributed by atoms with Gasteiger partial charge in [0.2, 0.25) is 0 Å². The lowest BCUT2D eigenvalue weighted by Gasteiger charge is -2.35. The van der Waals surface area contributed by atoms with Crippen LogP contribution in [0.4, 0.5) is 0 Å². The van der Waals surface area contributed by atoms with Gasteiger partial charge in [0.25, 0.3) is 5.91 Å². The summed E-state index contributed by atoms with van der Waals surface area (Å²) >= 11 is 3.43. The van der Waals surface area contributed by atoms with Gasteiger partial charge in [0, 0.05) is 23.7 Å². The highest BCUT2D eigenvalue weighted by Gasteiger charge is 2.27. The average molecular weight is 312 g/mol. The van der Waals surface area contributed by atoms with Crippen molar-refractivity contribution >= 4 is 21.8 Å². The predicted octanol–water partition coefficient (Wildman–Crippen LogP) is 2.83. The predicted molar refractivity (Wildman–Crippen MR) is 74.5 cm³/mol. The third-order valence-electron chi connectivity index (χ3n) is 3.45. The van der Waals surface area contributed by atoms with Crippen molar-refractivity contribution in [3.05, 3.63) is 34.3 Å². The Morgan fingerprint density at radius 1 is 1.39 bits per heavy atom. The first-order valence-electron chi connectivity index (χ1n) is 6.40. The zero-order valence-electron chi connectivity index (χ0n) is 10.3. The Kier molecular flexibility index (Phi) is 4.78. The fourth-order valence-corrected chi connectivity index (χ4v) is 2.96. The Morgan fingerprint density at radius 2 is 2.17 bits per heavy atom. The standard InChI is InChI=1S/C14H18BrNO2/c15-13-7-2-1-6-12(13)14(18)16-9-4-3-5-11(16)8-10-17/h1-2,6-7,11,17H,3-5,8-10H2. The monoisotopic (exact) mass is 311 g/mol. The van der Waals surface area contributed by atoms with E-state index < -0.39 is 0 Å². The lowest BCUT2D eigenvalue weighted by molar-refractivity contribution is 0.0573. The Balaban J connectivity index is 2.18. The van der Waals surface area contributed by atoms with Crippen molar-refractivity contribution in [1.29, 1.82) is 0 Å². The average Bonchev–Trinajstić information content (AvgIpc) is 2.40. The minimum atomic E-state index is 0.0700. The number of halogens is 1. The van der Waals surface area contributed by atoms with Crippen LogP contribution in [0.5, 0.6) is 0 Å². The second-order valence-corrected chi connectivity index (χ2v) is 5.49. The number of rotatable bonds is 3. The molecule has 0 aromatic heterocycles. The normalized spacial score (nSPS) is 19.9. The second kappa shape index (κ2) is 6.34.